The third kappa shape index (κ3) is 6.37. The van der Waals surface area contributed by atoms with Gasteiger partial charge in [-0.3, -0.25) is 14.4 Å². The predicted molar refractivity (Wildman–Crippen MR) is 94.9 cm³/mol. The molecule has 0 spiro atoms. The summed E-state index contributed by atoms with van der Waals surface area (Å²) in [5.74, 6) is -3.87. The normalized spacial score (nSPS) is 18.3. The Morgan fingerprint density at radius 1 is 1.07 bits per heavy atom. The SMILES string of the molecule is O=C(O)CC(NC(=O)C(Cc1ccccc1)NC(=O)C1CCCN1)C(=O)O. The van der Waals surface area contributed by atoms with E-state index in [-0.39, 0.29) is 12.3 Å². The van der Waals surface area contributed by atoms with Crippen molar-refractivity contribution in [3.05, 3.63) is 35.9 Å². The monoisotopic (exact) mass is 377 g/mol. The lowest BCUT2D eigenvalue weighted by Gasteiger charge is -2.22. The summed E-state index contributed by atoms with van der Waals surface area (Å²) in [6, 6.07) is 5.97. The minimum absolute atomic E-state index is 0.157. The van der Waals surface area contributed by atoms with Crippen molar-refractivity contribution >= 4 is 23.8 Å². The van der Waals surface area contributed by atoms with Crippen molar-refractivity contribution in [2.75, 3.05) is 6.54 Å². The van der Waals surface area contributed by atoms with Crippen molar-refractivity contribution in [1.82, 2.24) is 16.0 Å². The van der Waals surface area contributed by atoms with Crippen LogP contribution in [0.3, 0.4) is 0 Å². The van der Waals surface area contributed by atoms with Gasteiger partial charge in [-0.15, -0.1) is 0 Å². The first-order valence-electron chi connectivity index (χ1n) is 8.69. The number of hydrogen-bond acceptors (Lipinski definition) is 5. The van der Waals surface area contributed by atoms with E-state index in [1.165, 1.54) is 0 Å². The summed E-state index contributed by atoms with van der Waals surface area (Å²) in [6.07, 6.45) is 0.914. The van der Waals surface area contributed by atoms with E-state index in [0.29, 0.717) is 13.0 Å². The summed E-state index contributed by atoms with van der Waals surface area (Å²) in [5.41, 5.74) is 0.780. The Morgan fingerprint density at radius 3 is 2.33 bits per heavy atom. The van der Waals surface area contributed by atoms with Crippen molar-refractivity contribution < 1.29 is 29.4 Å². The van der Waals surface area contributed by atoms with Gasteiger partial charge in [0.15, 0.2) is 0 Å². The van der Waals surface area contributed by atoms with E-state index in [4.69, 9.17) is 10.2 Å². The van der Waals surface area contributed by atoms with Crippen LogP contribution in [0.4, 0.5) is 0 Å². The first kappa shape index (κ1) is 20.4. The zero-order valence-corrected chi connectivity index (χ0v) is 14.7. The van der Waals surface area contributed by atoms with E-state index in [0.717, 1.165) is 12.0 Å². The number of hydrogen-bond donors (Lipinski definition) is 5. The Morgan fingerprint density at radius 2 is 1.78 bits per heavy atom. The maximum Gasteiger partial charge on any atom is 0.326 e. The molecule has 0 aliphatic carbocycles. The number of carboxylic acids is 2. The fraction of sp³-hybridized carbons (Fsp3) is 0.444. The number of rotatable bonds is 9. The van der Waals surface area contributed by atoms with Gasteiger partial charge in [-0.25, -0.2) is 4.79 Å². The molecule has 1 aromatic rings. The maximum absolute atomic E-state index is 12.6. The second-order valence-electron chi connectivity index (χ2n) is 6.40. The third-order valence-corrected chi connectivity index (χ3v) is 4.29. The lowest BCUT2D eigenvalue weighted by molar-refractivity contribution is -0.147. The van der Waals surface area contributed by atoms with Crippen LogP contribution >= 0.6 is 0 Å². The zero-order chi connectivity index (χ0) is 19.8. The van der Waals surface area contributed by atoms with Gasteiger partial charge >= 0.3 is 11.9 Å². The van der Waals surface area contributed by atoms with Crippen molar-refractivity contribution in [3.8, 4) is 0 Å². The first-order chi connectivity index (χ1) is 12.9. The van der Waals surface area contributed by atoms with Crippen molar-refractivity contribution in [2.24, 2.45) is 0 Å². The largest absolute Gasteiger partial charge is 0.481 e. The van der Waals surface area contributed by atoms with Crippen LogP contribution in [-0.2, 0) is 25.6 Å². The minimum Gasteiger partial charge on any atom is -0.481 e. The highest BCUT2D eigenvalue weighted by molar-refractivity contribution is 5.93. The summed E-state index contributed by atoms with van der Waals surface area (Å²) in [6.45, 7) is 0.716. The Bertz CT molecular complexity index is 688. The van der Waals surface area contributed by atoms with Gasteiger partial charge in [-0.1, -0.05) is 30.3 Å². The molecule has 2 amide bonds. The van der Waals surface area contributed by atoms with E-state index in [9.17, 15) is 19.2 Å². The third-order valence-electron chi connectivity index (χ3n) is 4.29. The van der Waals surface area contributed by atoms with Gasteiger partial charge in [0.1, 0.15) is 12.1 Å². The first-order valence-corrected chi connectivity index (χ1v) is 8.69. The molecule has 146 valence electrons. The molecule has 3 atom stereocenters. The van der Waals surface area contributed by atoms with Gasteiger partial charge < -0.3 is 26.2 Å². The van der Waals surface area contributed by atoms with Gasteiger partial charge in [-0.05, 0) is 24.9 Å². The van der Waals surface area contributed by atoms with Crippen LogP contribution in [0.5, 0.6) is 0 Å². The molecule has 1 saturated heterocycles. The predicted octanol–water partition coefficient (Wildman–Crippen LogP) is -0.490. The van der Waals surface area contributed by atoms with E-state index in [1.54, 1.807) is 24.3 Å². The van der Waals surface area contributed by atoms with Gasteiger partial charge in [0.25, 0.3) is 0 Å². The maximum atomic E-state index is 12.6. The zero-order valence-electron chi connectivity index (χ0n) is 14.7. The van der Waals surface area contributed by atoms with Crippen LogP contribution in [0.25, 0.3) is 0 Å². The highest BCUT2D eigenvalue weighted by Gasteiger charge is 2.30. The standard InChI is InChI=1S/C18H23N3O6/c22-15(23)10-14(18(26)27)21-17(25)13(9-11-5-2-1-3-6-11)20-16(24)12-7-4-8-19-12/h1-3,5-6,12-14,19H,4,7-10H2,(H,20,24)(H,21,25)(H,22,23)(H,26,27). The summed E-state index contributed by atoms with van der Waals surface area (Å²) < 4.78 is 0. The second-order valence-corrected chi connectivity index (χ2v) is 6.40. The molecule has 27 heavy (non-hydrogen) atoms. The molecule has 1 fully saturated rings. The van der Waals surface area contributed by atoms with E-state index < -0.39 is 42.4 Å². The highest BCUT2D eigenvalue weighted by Crippen LogP contribution is 2.08. The van der Waals surface area contributed by atoms with Gasteiger partial charge in [0.05, 0.1) is 12.5 Å². The molecule has 3 unspecified atom stereocenters. The molecule has 1 aliphatic rings. The number of amides is 2. The molecule has 0 bridgehead atoms. The molecular formula is C18H23N3O6. The van der Waals surface area contributed by atoms with Gasteiger partial charge in [0.2, 0.25) is 11.8 Å². The van der Waals surface area contributed by atoms with Crippen LogP contribution in [0.2, 0.25) is 0 Å². The highest BCUT2D eigenvalue weighted by atomic mass is 16.4. The molecule has 5 N–H and O–H groups in total. The molecular weight excluding hydrogens is 354 g/mol. The van der Waals surface area contributed by atoms with Crippen LogP contribution in [0.1, 0.15) is 24.8 Å². The van der Waals surface area contributed by atoms with Crippen LogP contribution < -0.4 is 16.0 Å². The summed E-state index contributed by atoms with van der Waals surface area (Å²) in [4.78, 5) is 47.0. The number of carbonyl (C=O) groups excluding carboxylic acids is 2. The summed E-state index contributed by atoms with van der Waals surface area (Å²) in [7, 11) is 0. The Labute approximate surface area is 156 Å². The van der Waals surface area contributed by atoms with Gasteiger partial charge in [-0.2, -0.15) is 0 Å². The average Bonchev–Trinajstić information content (AvgIpc) is 3.15. The smallest absolute Gasteiger partial charge is 0.326 e. The number of carbonyl (C=O) groups is 4. The number of carboxylic acid groups (broad SMARTS) is 2. The number of aliphatic carboxylic acids is 2. The van der Waals surface area contributed by atoms with Crippen LogP contribution in [0.15, 0.2) is 30.3 Å². The van der Waals surface area contributed by atoms with E-state index in [1.807, 2.05) is 6.07 Å². The second kappa shape index (κ2) is 9.67. The Hall–Kier alpha value is -2.94. The number of nitrogens with one attached hydrogen (secondary N) is 3. The minimum atomic E-state index is -1.57. The van der Waals surface area contributed by atoms with Crippen molar-refractivity contribution in [3.63, 3.8) is 0 Å². The van der Waals surface area contributed by atoms with Crippen molar-refractivity contribution in [2.45, 2.75) is 43.8 Å². The summed E-state index contributed by atoms with van der Waals surface area (Å²) in [5, 5.41) is 25.8. The Kier molecular flexibility index (Phi) is 7.30. The lowest BCUT2D eigenvalue weighted by atomic mass is 10.0. The van der Waals surface area contributed by atoms with E-state index in [2.05, 4.69) is 16.0 Å². The Balaban J connectivity index is 2.11. The molecule has 9 nitrogen and oxygen atoms in total. The molecule has 0 aromatic heterocycles. The van der Waals surface area contributed by atoms with Crippen molar-refractivity contribution in [1.29, 1.82) is 0 Å². The van der Waals surface area contributed by atoms with E-state index >= 15 is 0 Å². The van der Waals surface area contributed by atoms with Gasteiger partial charge in [0, 0.05) is 6.42 Å². The molecule has 1 aromatic carbocycles. The summed E-state index contributed by atoms with van der Waals surface area (Å²) >= 11 is 0. The fourth-order valence-electron chi connectivity index (χ4n) is 2.89. The average molecular weight is 377 g/mol. The van der Waals surface area contributed by atoms with Crippen LogP contribution in [-0.4, -0.2) is 58.6 Å². The number of benzene rings is 1. The molecule has 2 rings (SSSR count). The topological polar surface area (TPSA) is 145 Å². The molecule has 1 heterocycles. The fourth-order valence-corrected chi connectivity index (χ4v) is 2.89. The molecule has 1 aliphatic heterocycles. The molecule has 0 saturated carbocycles. The molecule has 9 heteroatoms. The molecule has 0 radical (unpaired) electrons. The van der Waals surface area contributed by atoms with Crippen LogP contribution in [0, 0.1) is 0 Å². The lowest BCUT2D eigenvalue weighted by Crippen LogP contribution is -2.55. The quantitative estimate of drug-likeness (QED) is 0.390.